The molecule has 2 amide bonds. The third-order valence-electron chi connectivity index (χ3n) is 1.26. The minimum Gasteiger partial charge on any atom is -0.351 e. The molecule has 0 aromatic rings. The fourth-order valence-electron chi connectivity index (χ4n) is 0.590. The normalized spacial score (nSPS) is 11.9. The second-order valence-corrected chi connectivity index (χ2v) is 2.61. The Hall–Kier alpha value is -1.10. The molecule has 0 heterocycles. The van der Waals surface area contributed by atoms with Gasteiger partial charge in [-0.25, -0.2) is 0 Å². The minimum atomic E-state index is -0.219. The van der Waals surface area contributed by atoms with E-state index in [1.807, 2.05) is 0 Å². The highest BCUT2D eigenvalue weighted by Gasteiger charge is 2.04. The summed E-state index contributed by atoms with van der Waals surface area (Å²) in [6.45, 7) is 3.57. The lowest BCUT2D eigenvalue weighted by molar-refractivity contribution is -0.125. The molecule has 0 bridgehead atoms. The lowest BCUT2D eigenvalue weighted by Crippen LogP contribution is -2.43. The van der Waals surface area contributed by atoms with Crippen LogP contribution >= 0.6 is 0 Å². The number of nitrogens with two attached hydrogens (primary N) is 1. The zero-order valence-electron chi connectivity index (χ0n) is 7.39. The number of amides is 2. The second kappa shape index (κ2) is 5.54. The van der Waals surface area contributed by atoms with Crippen molar-refractivity contribution in [2.75, 3.05) is 13.1 Å². The summed E-state index contributed by atoms with van der Waals surface area (Å²) in [5.74, 6) is -0.436. The van der Waals surface area contributed by atoms with Gasteiger partial charge in [0, 0.05) is 19.5 Å². The first-order valence-corrected chi connectivity index (χ1v) is 3.80. The van der Waals surface area contributed by atoms with Crippen LogP contribution in [-0.2, 0) is 9.59 Å². The number of carbonyl (C=O) groups is 2. The topological polar surface area (TPSA) is 84.2 Å². The van der Waals surface area contributed by atoms with Gasteiger partial charge in [-0.2, -0.15) is 0 Å². The van der Waals surface area contributed by atoms with Gasteiger partial charge in [0.05, 0.1) is 6.54 Å². The van der Waals surface area contributed by atoms with Crippen molar-refractivity contribution >= 4 is 11.8 Å². The molecule has 0 aliphatic rings. The van der Waals surface area contributed by atoms with Crippen molar-refractivity contribution in [2.45, 2.75) is 19.9 Å². The molecule has 0 aliphatic heterocycles. The summed E-state index contributed by atoms with van der Waals surface area (Å²) in [7, 11) is 0. The highest BCUT2D eigenvalue weighted by Crippen LogP contribution is 1.75. The van der Waals surface area contributed by atoms with E-state index in [0.717, 1.165) is 0 Å². The van der Waals surface area contributed by atoms with Crippen LogP contribution in [0.2, 0.25) is 0 Å². The molecule has 70 valence electrons. The van der Waals surface area contributed by atoms with E-state index < -0.39 is 0 Å². The predicted molar refractivity (Wildman–Crippen MR) is 45.3 cm³/mol. The van der Waals surface area contributed by atoms with Crippen LogP contribution in [0.15, 0.2) is 0 Å². The van der Waals surface area contributed by atoms with Gasteiger partial charge in [-0.1, -0.05) is 0 Å². The van der Waals surface area contributed by atoms with Crippen molar-refractivity contribution in [1.29, 1.82) is 0 Å². The molecule has 0 aromatic carbocycles. The molecule has 0 unspecified atom stereocenters. The largest absolute Gasteiger partial charge is 0.351 e. The van der Waals surface area contributed by atoms with Gasteiger partial charge in [-0.3, -0.25) is 9.59 Å². The van der Waals surface area contributed by atoms with E-state index in [2.05, 4.69) is 10.6 Å². The fraction of sp³-hybridized carbons (Fsp3) is 0.714. The second-order valence-electron chi connectivity index (χ2n) is 2.61. The first-order valence-electron chi connectivity index (χ1n) is 3.80. The average Bonchev–Trinajstić information content (AvgIpc) is 2.00. The van der Waals surface area contributed by atoms with Gasteiger partial charge < -0.3 is 16.4 Å². The van der Waals surface area contributed by atoms with E-state index in [4.69, 9.17) is 5.73 Å². The van der Waals surface area contributed by atoms with Crippen LogP contribution < -0.4 is 16.4 Å². The first kappa shape index (κ1) is 10.9. The monoisotopic (exact) mass is 173 g/mol. The Labute approximate surface area is 71.7 Å². The predicted octanol–water partition coefficient (Wildman–Crippen LogP) is -1.41. The molecule has 0 radical (unpaired) electrons. The molecular weight excluding hydrogens is 158 g/mol. The van der Waals surface area contributed by atoms with Crippen LogP contribution in [0.1, 0.15) is 13.8 Å². The Kier molecular flexibility index (Phi) is 5.03. The number of hydrogen-bond donors (Lipinski definition) is 3. The molecule has 0 spiro atoms. The lowest BCUT2D eigenvalue weighted by atomic mass is 10.3. The maximum absolute atomic E-state index is 10.9. The van der Waals surface area contributed by atoms with Crippen molar-refractivity contribution < 1.29 is 9.59 Å². The van der Waals surface area contributed by atoms with Crippen LogP contribution in [0.3, 0.4) is 0 Å². The third kappa shape index (κ3) is 5.67. The van der Waals surface area contributed by atoms with Gasteiger partial charge >= 0.3 is 0 Å². The zero-order valence-corrected chi connectivity index (χ0v) is 7.39. The van der Waals surface area contributed by atoms with E-state index >= 15 is 0 Å². The van der Waals surface area contributed by atoms with Gasteiger partial charge in [0.2, 0.25) is 11.8 Å². The number of carbonyl (C=O) groups excluding carboxylic acids is 2. The fourth-order valence-corrected chi connectivity index (χ4v) is 0.590. The maximum Gasteiger partial charge on any atom is 0.239 e. The molecular formula is C7H15N3O2. The maximum atomic E-state index is 10.9. The number of nitrogens with one attached hydrogen (secondary N) is 2. The molecule has 1 atom stereocenters. The van der Waals surface area contributed by atoms with Crippen molar-refractivity contribution in [1.82, 2.24) is 10.6 Å². The van der Waals surface area contributed by atoms with Crippen LogP contribution in [0.5, 0.6) is 0 Å². The summed E-state index contributed by atoms with van der Waals surface area (Å²) in [4.78, 5) is 21.3. The van der Waals surface area contributed by atoms with Gasteiger partial charge in [0.15, 0.2) is 0 Å². The van der Waals surface area contributed by atoms with Gasteiger partial charge in [-0.05, 0) is 6.92 Å². The van der Waals surface area contributed by atoms with E-state index in [0.29, 0.717) is 6.54 Å². The molecule has 0 fully saturated rings. The highest BCUT2D eigenvalue weighted by atomic mass is 16.2. The Morgan fingerprint density at radius 3 is 2.50 bits per heavy atom. The summed E-state index contributed by atoms with van der Waals surface area (Å²) in [6, 6.07) is -0.0498. The van der Waals surface area contributed by atoms with Crippen LogP contribution in [-0.4, -0.2) is 30.9 Å². The quantitative estimate of drug-likeness (QED) is 0.488. The first-order chi connectivity index (χ1) is 5.56. The van der Waals surface area contributed by atoms with Gasteiger partial charge in [0.1, 0.15) is 0 Å². The van der Waals surface area contributed by atoms with Crippen molar-refractivity contribution in [3.8, 4) is 0 Å². The van der Waals surface area contributed by atoms with E-state index in [1.54, 1.807) is 6.92 Å². The van der Waals surface area contributed by atoms with Crippen LogP contribution in [0, 0.1) is 0 Å². The third-order valence-corrected chi connectivity index (χ3v) is 1.26. The molecule has 12 heavy (non-hydrogen) atoms. The molecule has 5 nitrogen and oxygen atoms in total. The Morgan fingerprint density at radius 1 is 1.50 bits per heavy atom. The summed E-state index contributed by atoms with van der Waals surface area (Å²) in [5.41, 5.74) is 5.27. The average molecular weight is 173 g/mol. The van der Waals surface area contributed by atoms with E-state index in [1.165, 1.54) is 6.92 Å². The van der Waals surface area contributed by atoms with Crippen molar-refractivity contribution in [3.05, 3.63) is 0 Å². The van der Waals surface area contributed by atoms with Gasteiger partial charge in [-0.15, -0.1) is 0 Å². The number of hydrogen-bond acceptors (Lipinski definition) is 3. The zero-order chi connectivity index (χ0) is 9.56. The van der Waals surface area contributed by atoms with Crippen LogP contribution in [0.25, 0.3) is 0 Å². The molecule has 0 saturated carbocycles. The molecule has 4 N–H and O–H groups in total. The Balaban J connectivity index is 3.53. The van der Waals surface area contributed by atoms with Gasteiger partial charge in [0.25, 0.3) is 0 Å². The molecule has 0 rings (SSSR count). The molecule has 0 aliphatic carbocycles. The lowest BCUT2D eigenvalue weighted by Gasteiger charge is -2.10. The van der Waals surface area contributed by atoms with Crippen LogP contribution in [0.4, 0.5) is 0 Å². The van der Waals surface area contributed by atoms with E-state index in [-0.39, 0.29) is 24.4 Å². The van der Waals surface area contributed by atoms with Crippen molar-refractivity contribution in [2.24, 2.45) is 5.73 Å². The van der Waals surface area contributed by atoms with E-state index in [9.17, 15) is 9.59 Å². The standard InChI is InChI=1S/C7H15N3O2/c1-5(3-8)10-7(12)4-9-6(2)11/h5H,3-4,8H2,1-2H3,(H,9,11)(H,10,12)/t5-/m1/s1. The molecule has 0 saturated heterocycles. The summed E-state index contributed by atoms with van der Waals surface area (Å²) in [6.07, 6.45) is 0. The summed E-state index contributed by atoms with van der Waals surface area (Å²) >= 11 is 0. The summed E-state index contributed by atoms with van der Waals surface area (Å²) in [5, 5.41) is 4.99. The Morgan fingerprint density at radius 2 is 2.08 bits per heavy atom. The smallest absolute Gasteiger partial charge is 0.239 e. The number of rotatable bonds is 4. The highest BCUT2D eigenvalue weighted by molar-refractivity contribution is 5.83. The van der Waals surface area contributed by atoms with Crippen molar-refractivity contribution in [3.63, 3.8) is 0 Å². The molecule has 0 aromatic heterocycles. The minimum absolute atomic E-state index is 0.0136. The summed E-state index contributed by atoms with van der Waals surface area (Å²) < 4.78 is 0. The molecule has 5 heteroatoms. The Bertz CT molecular complexity index is 170. The SMILES string of the molecule is CC(=O)NCC(=O)N[C@H](C)CN.